The summed E-state index contributed by atoms with van der Waals surface area (Å²) < 4.78 is 1.29. The molecule has 1 saturated carbocycles. The lowest BCUT2D eigenvalue weighted by Crippen LogP contribution is -2.30. The molecule has 37 heavy (non-hydrogen) atoms. The van der Waals surface area contributed by atoms with Crippen LogP contribution >= 0.6 is 23.1 Å². The number of amides is 3. The first-order valence-corrected chi connectivity index (χ1v) is 13.1. The van der Waals surface area contributed by atoms with Crippen molar-refractivity contribution in [3.8, 4) is 6.07 Å². The Morgan fingerprint density at radius 1 is 1.19 bits per heavy atom. The van der Waals surface area contributed by atoms with Crippen LogP contribution in [-0.4, -0.2) is 27.6 Å². The zero-order chi connectivity index (χ0) is 26.3. The second-order valence-electron chi connectivity index (χ2n) is 8.76. The molecule has 1 aromatic heterocycles. The third kappa shape index (κ3) is 4.59. The molecule has 2 heterocycles. The Morgan fingerprint density at radius 3 is 2.51 bits per heavy atom. The minimum atomic E-state index is -0.923. The van der Waals surface area contributed by atoms with Crippen molar-refractivity contribution in [1.29, 1.82) is 5.26 Å². The summed E-state index contributed by atoms with van der Waals surface area (Å²) >= 11 is 2.40. The first-order valence-electron chi connectivity index (χ1n) is 11.4. The van der Waals surface area contributed by atoms with E-state index < -0.39 is 10.8 Å². The van der Waals surface area contributed by atoms with Gasteiger partial charge in [-0.25, -0.2) is 4.98 Å². The summed E-state index contributed by atoms with van der Waals surface area (Å²) in [7, 11) is 0. The number of nitriles is 1. The maximum atomic E-state index is 13.0. The summed E-state index contributed by atoms with van der Waals surface area (Å²) in [6.07, 6.45) is 4.58. The standard InChI is InChI=1S/C25H19N5O5S2/c26-12-14(22(27)31)9-13-5-8-20(19(10-13)30(34)35)36-25-28-18-7-6-15(11-21(18)37-25)29-23(32)16-3-1-2-4-17(16)24(29)33/h5-11,16-17H,1-4H2,(H2,27,31)/b14-9+/t16-,17-/m0/s1. The normalized spacial score (nSPS) is 19.6. The van der Waals surface area contributed by atoms with E-state index in [0.29, 0.717) is 26.0 Å². The number of primary amides is 1. The van der Waals surface area contributed by atoms with Crippen molar-refractivity contribution in [2.75, 3.05) is 4.90 Å². The Bertz CT molecular complexity index is 1530. The van der Waals surface area contributed by atoms with Crippen LogP contribution in [-0.2, 0) is 14.4 Å². The Balaban J connectivity index is 1.43. The average molecular weight is 534 g/mol. The summed E-state index contributed by atoms with van der Waals surface area (Å²) in [5.74, 6) is -1.69. The third-order valence-corrected chi connectivity index (χ3v) is 8.67. The fourth-order valence-electron chi connectivity index (χ4n) is 4.76. The van der Waals surface area contributed by atoms with Gasteiger partial charge in [0.2, 0.25) is 11.8 Å². The molecule has 2 aliphatic rings. The summed E-state index contributed by atoms with van der Waals surface area (Å²) in [6.45, 7) is 0. The lowest BCUT2D eigenvalue weighted by atomic mass is 9.81. The van der Waals surface area contributed by atoms with Crippen molar-refractivity contribution in [3.05, 3.63) is 57.6 Å². The van der Waals surface area contributed by atoms with E-state index in [0.717, 1.165) is 42.1 Å². The van der Waals surface area contributed by atoms with Crippen molar-refractivity contribution in [1.82, 2.24) is 4.98 Å². The average Bonchev–Trinajstić information content (AvgIpc) is 3.40. The molecule has 186 valence electrons. The molecule has 10 nitrogen and oxygen atoms in total. The van der Waals surface area contributed by atoms with E-state index in [4.69, 9.17) is 11.0 Å². The van der Waals surface area contributed by atoms with Gasteiger partial charge in [0.25, 0.3) is 11.6 Å². The Kier molecular flexibility index (Phi) is 6.49. The molecular weight excluding hydrogens is 514 g/mol. The number of carbonyl (C=O) groups excluding carboxylic acids is 3. The maximum Gasteiger partial charge on any atom is 0.283 e. The zero-order valence-electron chi connectivity index (χ0n) is 19.2. The Morgan fingerprint density at radius 2 is 1.89 bits per heavy atom. The fourth-order valence-corrected chi connectivity index (χ4v) is 6.91. The molecule has 1 aliphatic heterocycles. The highest BCUT2D eigenvalue weighted by molar-refractivity contribution is 8.01. The van der Waals surface area contributed by atoms with Gasteiger partial charge >= 0.3 is 0 Å². The molecule has 3 amide bonds. The van der Waals surface area contributed by atoms with Crippen LogP contribution in [0.5, 0.6) is 0 Å². The fraction of sp³-hybridized carbons (Fsp3) is 0.240. The number of carbonyl (C=O) groups is 3. The topological polar surface area (TPSA) is 160 Å². The van der Waals surface area contributed by atoms with Crippen LogP contribution in [0.3, 0.4) is 0 Å². The number of nitro groups is 1. The van der Waals surface area contributed by atoms with Crippen LogP contribution in [0.4, 0.5) is 11.4 Å². The predicted octanol–water partition coefficient (Wildman–Crippen LogP) is 4.43. The Labute approximate surface area is 218 Å². The summed E-state index contributed by atoms with van der Waals surface area (Å²) in [5.41, 5.74) is 6.07. The third-order valence-electron chi connectivity index (χ3n) is 6.53. The minimum Gasteiger partial charge on any atom is -0.365 e. The number of nitrogens with two attached hydrogens (primary N) is 1. The van der Waals surface area contributed by atoms with Gasteiger partial charge < -0.3 is 5.73 Å². The molecule has 1 saturated heterocycles. The maximum absolute atomic E-state index is 13.0. The van der Waals surface area contributed by atoms with Gasteiger partial charge in [-0.05, 0) is 48.7 Å². The van der Waals surface area contributed by atoms with E-state index >= 15 is 0 Å². The number of aromatic nitrogens is 1. The van der Waals surface area contributed by atoms with Crippen molar-refractivity contribution in [2.45, 2.75) is 34.9 Å². The molecular formula is C25H19N5O5S2. The number of imide groups is 1. The number of nitrogens with zero attached hydrogens (tertiary/aromatic N) is 4. The van der Waals surface area contributed by atoms with Gasteiger partial charge in [0.1, 0.15) is 11.6 Å². The highest BCUT2D eigenvalue weighted by atomic mass is 32.2. The van der Waals surface area contributed by atoms with E-state index in [2.05, 4.69) is 4.98 Å². The molecule has 2 fully saturated rings. The molecule has 2 aromatic carbocycles. The van der Waals surface area contributed by atoms with E-state index in [9.17, 15) is 24.5 Å². The van der Waals surface area contributed by atoms with Crippen LogP contribution < -0.4 is 10.6 Å². The van der Waals surface area contributed by atoms with Crippen molar-refractivity contribution >= 4 is 68.5 Å². The van der Waals surface area contributed by atoms with Crippen molar-refractivity contribution in [2.24, 2.45) is 17.6 Å². The van der Waals surface area contributed by atoms with Gasteiger partial charge in [0.15, 0.2) is 4.34 Å². The molecule has 0 bridgehead atoms. The van der Waals surface area contributed by atoms with Gasteiger partial charge in [0.05, 0.1) is 37.6 Å². The number of hydrogen-bond donors (Lipinski definition) is 1. The molecule has 12 heteroatoms. The summed E-state index contributed by atoms with van der Waals surface area (Å²) in [6, 6.07) is 11.2. The molecule has 1 aliphatic carbocycles. The van der Waals surface area contributed by atoms with Crippen LogP contribution in [0.25, 0.3) is 16.3 Å². The highest BCUT2D eigenvalue weighted by Crippen LogP contribution is 2.43. The SMILES string of the molecule is N#C/C(=C\c1ccc(Sc2nc3ccc(N4C(=O)[C@H]5CCCC[C@@H]5C4=O)cc3s2)c([N+](=O)[O-])c1)C(N)=O. The van der Waals surface area contributed by atoms with E-state index in [1.807, 2.05) is 0 Å². The molecule has 5 rings (SSSR count). The van der Waals surface area contributed by atoms with Gasteiger partial charge in [-0.1, -0.05) is 30.7 Å². The number of fused-ring (bicyclic) bond motifs is 2. The minimum absolute atomic E-state index is 0.145. The first-order chi connectivity index (χ1) is 17.8. The molecule has 2 N–H and O–H groups in total. The van der Waals surface area contributed by atoms with Gasteiger partial charge in [0, 0.05) is 6.07 Å². The predicted molar refractivity (Wildman–Crippen MR) is 138 cm³/mol. The largest absolute Gasteiger partial charge is 0.365 e. The van der Waals surface area contributed by atoms with E-state index in [-0.39, 0.29) is 34.9 Å². The summed E-state index contributed by atoms with van der Waals surface area (Å²) in [5, 5.41) is 20.7. The van der Waals surface area contributed by atoms with Crippen LogP contribution in [0.1, 0.15) is 31.2 Å². The highest BCUT2D eigenvalue weighted by Gasteiger charge is 2.48. The monoisotopic (exact) mass is 533 g/mol. The van der Waals surface area contributed by atoms with Crippen LogP contribution in [0.2, 0.25) is 0 Å². The summed E-state index contributed by atoms with van der Waals surface area (Å²) in [4.78, 5) is 54.6. The zero-order valence-corrected chi connectivity index (χ0v) is 20.9. The first kappa shape index (κ1) is 24.6. The van der Waals surface area contributed by atoms with Gasteiger partial charge in [-0.3, -0.25) is 29.4 Å². The molecule has 2 atom stereocenters. The van der Waals surface area contributed by atoms with Crippen molar-refractivity contribution < 1.29 is 19.3 Å². The number of anilines is 1. The molecule has 0 radical (unpaired) electrons. The van der Waals surface area contributed by atoms with Crippen LogP contribution in [0, 0.1) is 33.3 Å². The molecule has 0 spiro atoms. The number of rotatable bonds is 6. The molecule has 0 unspecified atom stereocenters. The Hall–Kier alpha value is -4.08. The molecule has 3 aromatic rings. The lowest BCUT2D eigenvalue weighted by molar-refractivity contribution is -0.387. The van der Waals surface area contributed by atoms with Crippen LogP contribution in [0.15, 0.2) is 51.2 Å². The van der Waals surface area contributed by atoms with Gasteiger partial charge in [-0.15, -0.1) is 11.3 Å². The van der Waals surface area contributed by atoms with Crippen molar-refractivity contribution in [3.63, 3.8) is 0 Å². The smallest absolute Gasteiger partial charge is 0.283 e. The van der Waals surface area contributed by atoms with E-state index in [1.165, 1.54) is 34.4 Å². The quantitative estimate of drug-likeness (QED) is 0.160. The number of benzene rings is 2. The van der Waals surface area contributed by atoms with Gasteiger partial charge in [-0.2, -0.15) is 5.26 Å². The number of thiazole rings is 1. The second-order valence-corrected chi connectivity index (χ2v) is 11.1. The number of hydrogen-bond acceptors (Lipinski definition) is 9. The van der Waals surface area contributed by atoms with E-state index in [1.54, 1.807) is 30.3 Å². The number of nitro benzene ring substituents is 1. The lowest BCUT2D eigenvalue weighted by Gasteiger charge is -2.19. The second kappa shape index (κ2) is 9.76.